The van der Waals surface area contributed by atoms with Crippen LogP contribution in [0.2, 0.25) is 0 Å². The summed E-state index contributed by atoms with van der Waals surface area (Å²) in [6.45, 7) is 6.36. The third-order valence-corrected chi connectivity index (χ3v) is 8.89. The predicted molar refractivity (Wildman–Crippen MR) is 144 cm³/mol. The Kier molecular flexibility index (Phi) is 9.27. The van der Waals surface area contributed by atoms with Crippen LogP contribution in [-0.4, -0.2) is 78.3 Å². The number of hydrogen-bond donors (Lipinski definition) is 3. The Morgan fingerprint density at radius 1 is 1.14 bits per heavy atom. The van der Waals surface area contributed by atoms with E-state index >= 15 is 0 Å². The van der Waals surface area contributed by atoms with Gasteiger partial charge < -0.3 is 25.6 Å². The van der Waals surface area contributed by atoms with Crippen LogP contribution in [0.3, 0.4) is 0 Å². The highest BCUT2D eigenvalue weighted by atomic mass is 19.4. The Balaban J connectivity index is 1.55. The first-order chi connectivity index (χ1) is 20.4. The molecule has 3 aliphatic rings. The topological polar surface area (TPSA) is 134 Å². The highest BCUT2D eigenvalue weighted by molar-refractivity contribution is 5.97. The first-order valence-corrected chi connectivity index (χ1v) is 14.3. The fourth-order valence-corrected chi connectivity index (χ4v) is 6.25. The van der Waals surface area contributed by atoms with Gasteiger partial charge in [-0.05, 0) is 48.1 Å². The standard InChI is InChI=1S/C29H35F5N4O6/c1-13(2)22(37-27(43)29(32,33)34)26(42)38-11-16-21(28(16,3)4)23(38)25(41)36-18(9-14-7-8-35-24(14)40)19(39)12-44-20-6-5-15(30)10-17(20)31/h5-6,10,13-14,16,18,21-23H,7-9,11-12H2,1-4H3,(H,35,40)(H,36,41)(H,37,43)/t14-,16-,18+,21-,22-,23-/m0/s1. The summed E-state index contributed by atoms with van der Waals surface area (Å²) in [5.41, 5.74) is -0.393. The second-order valence-electron chi connectivity index (χ2n) is 12.5. The number of halogens is 5. The van der Waals surface area contributed by atoms with Gasteiger partial charge in [0.05, 0.1) is 6.04 Å². The summed E-state index contributed by atoms with van der Waals surface area (Å²) >= 11 is 0. The molecule has 1 aliphatic carbocycles. The van der Waals surface area contributed by atoms with Gasteiger partial charge >= 0.3 is 12.1 Å². The number of amides is 4. The fraction of sp³-hybridized carbons (Fsp3) is 0.621. The average molecular weight is 631 g/mol. The van der Waals surface area contributed by atoms with Crippen molar-refractivity contribution in [1.29, 1.82) is 0 Å². The van der Waals surface area contributed by atoms with Gasteiger partial charge in [-0.15, -0.1) is 0 Å². The lowest BCUT2D eigenvalue weighted by atomic mass is 9.94. The van der Waals surface area contributed by atoms with Crippen LogP contribution in [0.1, 0.15) is 40.5 Å². The van der Waals surface area contributed by atoms with E-state index in [1.165, 1.54) is 13.8 Å². The van der Waals surface area contributed by atoms with Gasteiger partial charge in [0, 0.05) is 25.1 Å². The van der Waals surface area contributed by atoms with Crippen LogP contribution in [0.5, 0.6) is 5.75 Å². The van der Waals surface area contributed by atoms with Crippen molar-refractivity contribution in [2.24, 2.45) is 29.1 Å². The predicted octanol–water partition coefficient (Wildman–Crippen LogP) is 2.11. The number of nitrogens with one attached hydrogen (secondary N) is 3. The van der Waals surface area contributed by atoms with E-state index in [2.05, 4.69) is 10.6 Å². The van der Waals surface area contributed by atoms with Crippen molar-refractivity contribution in [3.05, 3.63) is 29.8 Å². The molecule has 0 aromatic heterocycles. The van der Waals surface area contributed by atoms with Crippen molar-refractivity contribution in [2.45, 2.75) is 64.8 Å². The Bertz CT molecular complexity index is 1340. The summed E-state index contributed by atoms with van der Waals surface area (Å²) in [6.07, 6.45) is -4.97. The number of piperidine rings is 1. The van der Waals surface area contributed by atoms with Crippen molar-refractivity contribution >= 4 is 29.4 Å². The SMILES string of the molecule is CC(C)[C@H](NC(=O)C(F)(F)F)C(=O)N1C[C@H]2[C@@H]([C@H]1C(=O)N[C@H](C[C@@H]1CCNC1=O)C(=O)COc1ccc(F)cc1F)C2(C)C. The van der Waals surface area contributed by atoms with Crippen LogP contribution in [0.4, 0.5) is 22.0 Å². The van der Waals surface area contributed by atoms with E-state index in [4.69, 9.17) is 4.74 Å². The molecule has 1 aromatic rings. The zero-order valence-corrected chi connectivity index (χ0v) is 24.6. The number of hydrogen-bond acceptors (Lipinski definition) is 6. The minimum absolute atomic E-state index is 0.0519. The lowest BCUT2D eigenvalue weighted by molar-refractivity contribution is -0.175. The van der Waals surface area contributed by atoms with Crippen molar-refractivity contribution in [3.8, 4) is 5.75 Å². The van der Waals surface area contributed by atoms with Gasteiger partial charge in [-0.2, -0.15) is 13.2 Å². The Morgan fingerprint density at radius 2 is 1.82 bits per heavy atom. The summed E-state index contributed by atoms with van der Waals surface area (Å²) in [4.78, 5) is 65.8. The average Bonchev–Trinajstić information content (AvgIpc) is 3.26. The second-order valence-corrected chi connectivity index (χ2v) is 12.5. The van der Waals surface area contributed by atoms with Gasteiger partial charge in [0.1, 0.15) is 24.5 Å². The van der Waals surface area contributed by atoms with E-state index in [0.717, 1.165) is 17.0 Å². The van der Waals surface area contributed by atoms with E-state index in [9.17, 15) is 45.9 Å². The molecular formula is C29H35F5N4O6. The number of alkyl halides is 3. The Labute approximate surface area is 250 Å². The smallest absolute Gasteiger partial charge is 0.471 e. The van der Waals surface area contributed by atoms with Gasteiger partial charge in [0.15, 0.2) is 17.3 Å². The molecule has 2 aliphatic heterocycles. The van der Waals surface area contributed by atoms with Gasteiger partial charge in [-0.3, -0.25) is 24.0 Å². The molecular weight excluding hydrogens is 595 g/mol. The molecule has 3 N–H and O–H groups in total. The maximum Gasteiger partial charge on any atom is 0.471 e. The summed E-state index contributed by atoms with van der Waals surface area (Å²) < 4.78 is 71.6. The molecule has 10 nitrogen and oxygen atoms in total. The van der Waals surface area contributed by atoms with Crippen LogP contribution >= 0.6 is 0 Å². The van der Waals surface area contributed by atoms with E-state index in [1.807, 2.05) is 13.8 Å². The summed E-state index contributed by atoms with van der Waals surface area (Å²) in [5, 5.41) is 7.00. The number of carbonyl (C=O) groups excluding carboxylic acids is 5. The third kappa shape index (κ3) is 6.80. The number of ether oxygens (including phenoxy) is 1. The maximum atomic E-state index is 14.1. The molecule has 2 heterocycles. The molecule has 0 radical (unpaired) electrons. The molecule has 0 spiro atoms. The highest BCUT2D eigenvalue weighted by Crippen LogP contribution is 2.65. The number of ketones is 1. The largest absolute Gasteiger partial charge is 0.483 e. The molecule has 6 atom stereocenters. The highest BCUT2D eigenvalue weighted by Gasteiger charge is 2.69. The van der Waals surface area contributed by atoms with Gasteiger partial charge in [-0.25, -0.2) is 8.78 Å². The van der Waals surface area contributed by atoms with Crippen molar-refractivity contribution in [3.63, 3.8) is 0 Å². The number of benzene rings is 1. The minimum Gasteiger partial charge on any atom is -0.483 e. The first kappa shape index (κ1) is 33.1. The number of likely N-dealkylation sites (tertiary alicyclic amines) is 1. The fourth-order valence-electron chi connectivity index (χ4n) is 6.25. The molecule has 242 valence electrons. The zero-order valence-electron chi connectivity index (χ0n) is 24.6. The Morgan fingerprint density at radius 3 is 2.39 bits per heavy atom. The normalized spacial score (nSPS) is 25.1. The monoisotopic (exact) mass is 630 g/mol. The summed E-state index contributed by atoms with van der Waals surface area (Å²) in [5.74, 6) is -9.19. The molecule has 4 amide bonds. The van der Waals surface area contributed by atoms with Crippen molar-refractivity contribution < 1.29 is 50.7 Å². The minimum atomic E-state index is -5.22. The maximum absolute atomic E-state index is 14.1. The number of carbonyl (C=O) groups is 5. The molecule has 0 unspecified atom stereocenters. The molecule has 1 aromatic carbocycles. The number of fused-ring (bicyclic) bond motifs is 1. The van der Waals surface area contributed by atoms with Crippen LogP contribution < -0.4 is 20.7 Å². The van der Waals surface area contributed by atoms with Gasteiger partial charge in [0.2, 0.25) is 17.7 Å². The molecule has 3 fully saturated rings. The van der Waals surface area contributed by atoms with E-state index in [1.54, 1.807) is 5.32 Å². The van der Waals surface area contributed by atoms with Crippen molar-refractivity contribution in [1.82, 2.24) is 20.9 Å². The van der Waals surface area contributed by atoms with E-state index < -0.39 is 89.0 Å². The number of rotatable bonds is 11. The molecule has 4 rings (SSSR count). The van der Waals surface area contributed by atoms with Crippen molar-refractivity contribution in [2.75, 3.05) is 19.7 Å². The lowest BCUT2D eigenvalue weighted by Crippen LogP contribution is -2.59. The van der Waals surface area contributed by atoms with Crippen LogP contribution in [-0.2, 0) is 24.0 Å². The van der Waals surface area contributed by atoms with E-state index in [-0.39, 0.29) is 30.7 Å². The third-order valence-electron chi connectivity index (χ3n) is 8.89. The van der Waals surface area contributed by atoms with Crippen LogP contribution in [0.15, 0.2) is 18.2 Å². The summed E-state index contributed by atoms with van der Waals surface area (Å²) in [7, 11) is 0. The molecule has 2 saturated heterocycles. The van der Waals surface area contributed by atoms with Gasteiger partial charge in [-0.1, -0.05) is 27.7 Å². The number of Topliss-reactive ketones (excluding diaryl/α,β-unsaturated/α-hetero) is 1. The Hall–Kier alpha value is -3.78. The van der Waals surface area contributed by atoms with Crippen LogP contribution in [0, 0.1) is 40.7 Å². The summed E-state index contributed by atoms with van der Waals surface area (Å²) in [6, 6.07) is -1.54. The zero-order chi connectivity index (χ0) is 32.7. The van der Waals surface area contributed by atoms with E-state index in [0.29, 0.717) is 19.0 Å². The molecule has 44 heavy (non-hydrogen) atoms. The quantitative estimate of drug-likeness (QED) is 0.321. The van der Waals surface area contributed by atoms with Crippen LogP contribution in [0.25, 0.3) is 0 Å². The molecule has 1 saturated carbocycles. The lowest BCUT2D eigenvalue weighted by Gasteiger charge is -2.35. The second kappa shape index (κ2) is 12.3. The number of nitrogens with zero attached hydrogens (tertiary/aromatic N) is 1. The molecule has 15 heteroatoms. The first-order valence-electron chi connectivity index (χ1n) is 14.3. The van der Waals surface area contributed by atoms with Gasteiger partial charge in [0.25, 0.3) is 0 Å². The molecule has 0 bridgehead atoms.